The molecule has 0 aromatic rings. The number of quaternary nitrogens is 4. The Bertz CT molecular complexity index is 349. The molecule has 0 atom stereocenters. The molecule has 6 nitrogen and oxygen atoms in total. The number of allylic oxidation sites excluding steroid dienone is 6. The predicted molar refractivity (Wildman–Crippen MR) is 81.3 cm³/mol. The van der Waals surface area contributed by atoms with Crippen LogP contribution in [0.3, 0.4) is 0 Å². The molecule has 2 heterocycles. The molecule has 0 bridgehead atoms. The molecular formula is C14H28N6Rb2+4. The second-order valence-corrected chi connectivity index (χ2v) is 3.84. The molecule has 2 rings (SSSR count). The predicted octanol–water partition coefficient (Wildman–Crippen LogP) is -7.94. The van der Waals surface area contributed by atoms with Crippen molar-refractivity contribution < 1.29 is 139 Å². The Morgan fingerprint density at radius 1 is 0.591 bits per heavy atom. The number of hydrogen-bond donors (Lipinski definition) is 4. The van der Waals surface area contributed by atoms with Crippen molar-refractivity contribution >= 4 is 0 Å². The summed E-state index contributed by atoms with van der Waals surface area (Å²) < 4.78 is 0. The zero-order valence-electron chi connectivity index (χ0n) is 14.2. The molecule has 0 unspecified atom stereocenters. The van der Waals surface area contributed by atoms with Crippen molar-refractivity contribution in [2.75, 3.05) is 26.2 Å². The first-order valence-electron chi connectivity index (χ1n) is 6.79. The van der Waals surface area contributed by atoms with Gasteiger partial charge in [-0.1, -0.05) is 36.5 Å². The average Bonchev–Trinajstić information content (AvgIpc) is 2.57. The van der Waals surface area contributed by atoms with Gasteiger partial charge in [0.05, 0.1) is 0 Å². The molecule has 0 amide bonds. The molecular weight excluding hydrogens is 423 g/mol. The fourth-order valence-corrected chi connectivity index (χ4v) is 1.03. The van der Waals surface area contributed by atoms with Crippen LogP contribution in [0.4, 0.5) is 0 Å². The Kier molecular flexibility index (Phi) is 29.5. The Morgan fingerprint density at radius 2 is 0.909 bits per heavy atom. The van der Waals surface area contributed by atoms with Crippen LogP contribution in [0.15, 0.2) is 60.3 Å². The van der Waals surface area contributed by atoms with E-state index in [4.69, 9.17) is 0 Å². The van der Waals surface area contributed by atoms with Gasteiger partial charge in [-0.05, 0) is 0 Å². The van der Waals surface area contributed by atoms with Gasteiger partial charge >= 0.3 is 116 Å². The van der Waals surface area contributed by atoms with Crippen LogP contribution >= 0.6 is 0 Å². The fraction of sp³-hybridized carbons (Fsp3) is 0.286. The first-order chi connectivity index (χ1) is 9.79. The smallest absolute Gasteiger partial charge is 0.665 e. The van der Waals surface area contributed by atoms with Crippen LogP contribution in [0.25, 0.3) is 10.6 Å². The maximum absolute atomic E-state index is 4.19. The van der Waals surface area contributed by atoms with Gasteiger partial charge in [0.25, 0.3) is 0 Å². The summed E-state index contributed by atoms with van der Waals surface area (Å²) in [7, 11) is 0. The Balaban J connectivity index is -0.000000310. The van der Waals surface area contributed by atoms with Crippen molar-refractivity contribution in [1.82, 2.24) is 0 Å². The molecule has 112 valence electrons. The molecule has 0 aromatic carbocycles. The van der Waals surface area contributed by atoms with Gasteiger partial charge in [0.2, 0.25) is 0 Å². The van der Waals surface area contributed by atoms with Crippen LogP contribution in [-0.4, -0.2) is 26.2 Å². The van der Waals surface area contributed by atoms with E-state index in [-0.39, 0.29) is 116 Å². The molecule has 0 radical (unpaired) electrons. The summed E-state index contributed by atoms with van der Waals surface area (Å²) in [4.78, 5) is 0. The van der Waals surface area contributed by atoms with E-state index in [0.29, 0.717) is 0 Å². The quantitative estimate of drug-likeness (QED) is 0.317. The second-order valence-electron chi connectivity index (χ2n) is 3.84. The molecule has 0 saturated carbocycles. The summed E-state index contributed by atoms with van der Waals surface area (Å²) in [5.41, 5.74) is 16.0. The van der Waals surface area contributed by atoms with Crippen LogP contribution in [0.1, 0.15) is 0 Å². The summed E-state index contributed by atoms with van der Waals surface area (Å²) in [6.07, 6.45) is 15.1. The first-order valence-corrected chi connectivity index (χ1v) is 6.79. The first kappa shape index (κ1) is 28.5. The molecule has 12 N–H and O–H groups in total. The normalized spacial score (nSPS) is 16.5. The van der Waals surface area contributed by atoms with Crippen molar-refractivity contribution in [2.24, 2.45) is 0 Å². The zero-order chi connectivity index (χ0) is 15.1. The van der Waals surface area contributed by atoms with Crippen LogP contribution in [0.2, 0.25) is 0 Å². The standard InChI is InChI=1S/C10H8N2.2C2H8N2.2Rb/c1-3-7-11-9(5-1)10-6-2-4-8-12-10;2*3-1-2-4;;/h1-8H;2*1-4H2;;/q-2;;;2*+1/p+4/b10-9+;;;;. The maximum atomic E-state index is 4.19. The van der Waals surface area contributed by atoms with Crippen LogP contribution in [0.5, 0.6) is 0 Å². The van der Waals surface area contributed by atoms with Gasteiger partial charge in [0.1, 0.15) is 26.2 Å². The van der Waals surface area contributed by atoms with Crippen LogP contribution in [0, 0.1) is 0 Å². The summed E-state index contributed by atoms with van der Waals surface area (Å²) in [5, 5.41) is 8.37. The van der Waals surface area contributed by atoms with Gasteiger partial charge in [0, 0.05) is 0 Å². The van der Waals surface area contributed by atoms with E-state index in [9.17, 15) is 0 Å². The van der Waals surface area contributed by atoms with Crippen molar-refractivity contribution in [3.63, 3.8) is 0 Å². The number of rotatable bonds is 2. The van der Waals surface area contributed by atoms with E-state index in [1.807, 2.05) is 36.5 Å². The number of nitrogens with zero attached hydrogens (tertiary/aromatic N) is 2. The molecule has 0 saturated heterocycles. The molecule has 0 aliphatic carbocycles. The van der Waals surface area contributed by atoms with Gasteiger partial charge in [-0.2, -0.15) is 23.8 Å². The molecule has 2 aliphatic rings. The summed E-state index contributed by atoms with van der Waals surface area (Å²) in [6.45, 7) is 3.83. The third-order valence-electron chi connectivity index (χ3n) is 2.09. The van der Waals surface area contributed by atoms with E-state index in [1.165, 1.54) is 0 Å². The van der Waals surface area contributed by atoms with Crippen LogP contribution < -0.4 is 139 Å². The second kappa shape index (κ2) is 22.8. The maximum Gasteiger partial charge on any atom is 1.00 e. The average molecular weight is 451 g/mol. The number of hydrogen-bond acceptors (Lipinski definition) is 0. The van der Waals surface area contributed by atoms with Crippen molar-refractivity contribution in [1.29, 1.82) is 0 Å². The summed E-state index contributed by atoms with van der Waals surface area (Å²) in [5.74, 6) is 0. The minimum absolute atomic E-state index is 0. The van der Waals surface area contributed by atoms with Crippen LogP contribution in [-0.2, 0) is 0 Å². The minimum atomic E-state index is 0. The Morgan fingerprint density at radius 3 is 1.09 bits per heavy atom. The minimum Gasteiger partial charge on any atom is -0.665 e. The van der Waals surface area contributed by atoms with E-state index in [0.717, 1.165) is 37.6 Å². The van der Waals surface area contributed by atoms with Crippen molar-refractivity contribution in [3.8, 4) is 0 Å². The van der Waals surface area contributed by atoms with E-state index in [1.54, 1.807) is 12.4 Å². The van der Waals surface area contributed by atoms with E-state index in [2.05, 4.69) is 33.6 Å². The van der Waals surface area contributed by atoms with E-state index >= 15 is 0 Å². The SMILES string of the molecule is C1=C[N-]/C(=C2\C=CC=C[N-]2)C=C1.[NH3+]CC[NH3+].[NH3+]CC[NH3+].[Rb+].[Rb+]. The van der Waals surface area contributed by atoms with Gasteiger partial charge in [-0.3, -0.25) is 0 Å². The largest absolute Gasteiger partial charge is 1.00 e. The molecule has 0 spiro atoms. The third kappa shape index (κ3) is 16.6. The van der Waals surface area contributed by atoms with Crippen molar-refractivity contribution in [3.05, 3.63) is 70.9 Å². The van der Waals surface area contributed by atoms with Crippen molar-refractivity contribution in [2.45, 2.75) is 0 Å². The molecule has 0 aromatic heterocycles. The van der Waals surface area contributed by atoms with Gasteiger partial charge in [-0.15, -0.1) is 0 Å². The molecule has 0 fully saturated rings. The molecule has 8 heteroatoms. The van der Waals surface area contributed by atoms with Gasteiger partial charge in [0.15, 0.2) is 0 Å². The van der Waals surface area contributed by atoms with Gasteiger partial charge in [-0.25, -0.2) is 0 Å². The monoisotopic (exact) mass is 450 g/mol. The van der Waals surface area contributed by atoms with E-state index < -0.39 is 0 Å². The Hall–Kier alpha value is 1.75. The molecule has 22 heavy (non-hydrogen) atoms. The van der Waals surface area contributed by atoms with Gasteiger partial charge < -0.3 is 33.6 Å². The topological polar surface area (TPSA) is 139 Å². The zero-order valence-corrected chi connectivity index (χ0v) is 24.0. The third-order valence-corrected chi connectivity index (χ3v) is 2.09. The summed E-state index contributed by atoms with van der Waals surface area (Å²) >= 11 is 0. The molecule has 2 aliphatic heterocycles. The fourth-order valence-electron chi connectivity index (χ4n) is 1.03. The summed E-state index contributed by atoms with van der Waals surface area (Å²) in [6, 6.07) is 0. The Labute approximate surface area is 231 Å².